The normalized spacial score (nSPS) is 12.3. The first-order valence-electron chi connectivity index (χ1n) is 7.95. The van der Waals surface area contributed by atoms with Gasteiger partial charge in [0.2, 0.25) is 0 Å². The molecule has 22 heavy (non-hydrogen) atoms. The number of hydrogen-bond acceptors (Lipinski definition) is 2. The zero-order valence-corrected chi connectivity index (χ0v) is 14.3. The van der Waals surface area contributed by atoms with Gasteiger partial charge in [-0.15, -0.1) is 0 Å². The Morgan fingerprint density at radius 2 is 1.86 bits per heavy atom. The van der Waals surface area contributed by atoms with E-state index in [0.29, 0.717) is 5.92 Å². The van der Waals surface area contributed by atoms with Gasteiger partial charge in [-0.05, 0) is 41.0 Å². The lowest BCUT2D eigenvalue weighted by atomic mass is 9.83. The molecule has 0 radical (unpaired) electrons. The quantitative estimate of drug-likeness (QED) is 0.700. The van der Waals surface area contributed by atoms with Crippen LogP contribution in [0.25, 0.3) is 0 Å². The van der Waals surface area contributed by atoms with Gasteiger partial charge in [0.25, 0.3) is 0 Å². The van der Waals surface area contributed by atoms with Crippen molar-refractivity contribution in [3.8, 4) is 0 Å². The summed E-state index contributed by atoms with van der Waals surface area (Å²) in [5.41, 5.74) is 4.67. The molecule has 2 nitrogen and oxygen atoms in total. The summed E-state index contributed by atoms with van der Waals surface area (Å²) in [5, 5.41) is 0. The van der Waals surface area contributed by atoms with Gasteiger partial charge in [-0.1, -0.05) is 58.9 Å². The largest absolute Gasteiger partial charge is 0.255 e. The highest BCUT2D eigenvalue weighted by Gasteiger charge is 2.20. The van der Waals surface area contributed by atoms with Crippen LogP contribution in [0, 0.1) is 5.92 Å². The summed E-state index contributed by atoms with van der Waals surface area (Å²) < 4.78 is 0. The Morgan fingerprint density at radius 3 is 2.45 bits per heavy atom. The molecule has 0 saturated heterocycles. The van der Waals surface area contributed by atoms with Crippen LogP contribution in [-0.2, 0) is 11.8 Å². The Hall–Kier alpha value is -1.96. The van der Waals surface area contributed by atoms with Gasteiger partial charge < -0.3 is 0 Å². The van der Waals surface area contributed by atoms with E-state index in [-0.39, 0.29) is 5.41 Å². The summed E-state index contributed by atoms with van der Waals surface area (Å²) in [7, 11) is 0. The van der Waals surface area contributed by atoms with Gasteiger partial charge in [-0.2, -0.15) is 0 Å². The lowest BCUT2D eigenvalue weighted by molar-refractivity contribution is 0.587. The monoisotopic (exact) mass is 294 g/mol. The van der Waals surface area contributed by atoms with Crippen LogP contribution in [0.5, 0.6) is 0 Å². The van der Waals surface area contributed by atoms with E-state index in [2.05, 4.69) is 57.8 Å². The van der Waals surface area contributed by atoms with Crippen molar-refractivity contribution in [3.05, 3.63) is 59.4 Å². The number of benzene rings is 1. The molecule has 0 atom stereocenters. The molecule has 1 heterocycles. The number of para-hydroxylation sites is 1. The highest BCUT2D eigenvalue weighted by atomic mass is 14.8. The fraction of sp³-hybridized carbons (Fsp3) is 0.400. The molecule has 0 aliphatic rings. The molecular formula is C20H26N2. The highest BCUT2D eigenvalue weighted by molar-refractivity contribution is 5.80. The number of hydrogen-bond donors (Lipinski definition) is 0. The molecule has 0 unspecified atom stereocenters. The van der Waals surface area contributed by atoms with Crippen molar-refractivity contribution < 1.29 is 0 Å². The molecule has 0 aliphatic heterocycles. The minimum atomic E-state index is 0.0732. The second-order valence-corrected chi connectivity index (χ2v) is 7.17. The van der Waals surface area contributed by atoms with E-state index in [1.807, 2.05) is 24.4 Å². The third-order valence-electron chi connectivity index (χ3n) is 3.57. The van der Waals surface area contributed by atoms with Crippen LogP contribution in [0.3, 0.4) is 0 Å². The van der Waals surface area contributed by atoms with E-state index >= 15 is 0 Å². The molecule has 0 fully saturated rings. The molecule has 2 rings (SSSR count). The summed E-state index contributed by atoms with van der Waals surface area (Å²) in [6, 6.07) is 12.4. The van der Waals surface area contributed by atoms with Crippen LogP contribution >= 0.6 is 0 Å². The molecule has 0 bridgehead atoms. The average molecular weight is 294 g/mol. The van der Waals surface area contributed by atoms with E-state index in [1.54, 1.807) is 6.20 Å². The van der Waals surface area contributed by atoms with Crippen LogP contribution in [0.4, 0.5) is 5.69 Å². The summed E-state index contributed by atoms with van der Waals surface area (Å²) in [6.45, 7) is 11.2. The fourth-order valence-electron chi connectivity index (χ4n) is 2.54. The number of pyridine rings is 1. The minimum absolute atomic E-state index is 0.0732. The van der Waals surface area contributed by atoms with Crippen molar-refractivity contribution in [1.82, 2.24) is 4.98 Å². The Labute approximate surface area is 134 Å². The van der Waals surface area contributed by atoms with Crippen molar-refractivity contribution in [2.24, 2.45) is 10.9 Å². The predicted octanol–water partition coefficient (Wildman–Crippen LogP) is 5.33. The van der Waals surface area contributed by atoms with Crippen molar-refractivity contribution in [3.63, 3.8) is 0 Å². The standard InChI is InChI=1S/C20H26N2/c1-15(2)13-16-9-8-11-18(20(3,4)5)19(16)22-14-17-10-6-7-12-21-17/h6-12,14-15H,13H2,1-5H3. The first kappa shape index (κ1) is 16.4. The van der Waals surface area contributed by atoms with E-state index in [9.17, 15) is 0 Å². The van der Waals surface area contributed by atoms with Gasteiger partial charge in [0.05, 0.1) is 17.6 Å². The van der Waals surface area contributed by atoms with Crippen LogP contribution < -0.4 is 0 Å². The first-order valence-corrected chi connectivity index (χ1v) is 7.95. The molecule has 1 aromatic carbocycles. The van der Waals surface area contributed by atoms with E-state index in [0.717, 1.165) is 17.8 Å². The van der Waals surface area contributed by atoms with Gasteiger partial charge in [-0.3, -0.25) is 9.98 Å². The molecule has 0 saturated carbocycles. The minimum Gasteiger partial charge on any atom is -0.255 e. The number of aliphatic imine (C=N–C) groups is 1. The maximum Gasteiger partial charge on any atom is 0.0812 e. The van der Waals surface area contributed by atoms with E-state index < -0.39 is 0 Å². The molecule has 116 valence electrons. The molecule has 0 amide bonds. The molecule has 1 aromatic heterocycles. The van der Waals surface area contributed by atoms with E-state index in [1.165, 1.54) is 11.1 Å². The Morgan fingerprint density at radius 1 is 1.09 bits per heavy atom. The molecular weight excluding hydrogens is 268 g/mol. The summed E-state index contributed by atoms with van der Waals surface area (Å²) in [4.78, 5) is 9.14. The third-order valence-corrected chi connectivity index (χ3v) is 3.57. The lowest BCUT2D eigenvalue weighted by Crippen LogP contribution is -2.12. The van der Waals surface area contributed by atoms with Gasteiger partial charge in [0.1, 0.15) is 0 Å². The summed E-state index contributed by atoms with van der Waals surface area (Å²) in [6.07, 6.45) is 4.71. The summed E-state index contributed by atoms with van der Waals surface area (Å²) >= 11 is 0. The average Bonchev–Trinajstić information content (AvgIpc) is 2.45. The second kappa shape index (κ2) is 6.87. The summed E-state index contributed by atoms with van der Waals surface area (Å²) in [5.74, 6) is 0.610. The van der Waals surface area contributed by atoms with Crippen LogP contribution in [-0.4, -0.2) is 11.2 Å². The fourth-order valence-corrected chi connectivity index (χ4v) is 2.54. The van der Waals surface area contributed by atoms with Crippen molar-refractivity contribution in [2.45, 2.75) is 46.5 Å². The molecule has 0 spiro atoms. The molecule has 2 aromatic rings. The number of rotatable bonds is 4. The van der Waals surface area contributed by atoms with E-state index in [4.69, 9.17) is 4.99 Å². The van der Waals surface area contributed by atoms with Crippen LogP contribution in [0.2, 0.25) is 0 Å². The number of nitrogens with zero attached hydrogens (tertiary/aromatic N) is 2. The van der Waals surface area contributed by atoms with Crippen molar-refractivity contribution in [2.75, 3.05) is 0 Å². The number of aromatic nitrogens is 1. The molecule has 0 N–H and O–H groups in total. The Bertz CT molecular complexity index is 635. The van der Waals surface area contributed by atoms with Crippen molar-refractivity contribution in [1.29, 1.82) is 0 Å². The van der Waals surface area contributed by atoms with Crippen LogP contribution in [0.15, 0.2) is 47.6 Å². The van der Waals surface area contributed by atoms with Gasteiger partial charge in [-0.25, -0.2) is 0 Å². The smallest absolute Gasteiger partial charge is 0.0812 e. The predicted molar refractivity (Wildman–Crippen MR) is 95.2 cm³/mol. The Balaban J connectivity index is 2.48. The maximum atomic E-state index is 4.81. The van der Waals surface area contributed by atoms with Gasteiger partial charge in [0, 0.05) is 6.20 Å². The second-order valence-electron chi connectivity index (χ2n) is 7.17. The molecule has 2 heteroatoms. The third kappa shape index (κ3) is 4.27. The maximum absolute atomic E-state index is 4.81. The SMILES string of the molecule is CC(C)Cc1cccc(C(C)(C)C)c1N=Cc1ccccn1. The van der Waals surface area contributed by atoms with Gasteiger partial charge >= 0.3 is 0 Å². The topological polar surface area (TPSA) is 25.2 Å². The zero-order valence-electron chi connectivity index (χ0n) is 14.3. The van der Waals surface area contributed by atoms with Crippen molar-refractivity contribution >= 4 is 11.9 Å². The molecule has 0 aliphatic carbocycles. The van der Waals surface area contributed by atoms with Crippen LogP contribution in [0.1, 0.15) is 51.4 Å². The lowest BCUT2D eigenvalue weighted by Gasteiger charge is -2.23. The first-order chi connectivity index (χ1) is 10.4. The Kier molecular flexibility index (Phi) is 5.12. The zero-order chi connectivity index (χ0) is 16.2. The highest BCUT2D eigenvalue weighted by Crippen LogP contribution is 2.35. The van der Waals surface area contributed by atoms with Gasteiger partial charge in [0.15, 0.2) is 0 Å².